The van der Waals surface area contributed by atoms with Crippen LogP contribution in [0, 0.1) is 0 Å². The molecule has 1 aromatic rings. The largest absolute Gasteiger partial charge is 0.338 e. The highest BCUT2D eigenvalue weighted by Gasteiger charge is 2.22. The van der Waals surface area contributed by atoms with Crippen LogP contribution in [0.25, 0.3) is 0 Å². The summed E-state index contributed by atoms with van der Waals surface area (Å²) in [6.07, 6.45) is 0. The molecule has 0 bridgehead atoms. The summed E-state index contributed by atoms with van der Waals surface area (Å²) in [5.41, 5.74) is 5.37. The van der Waals surface area contributed by atoms with Gasteiger partial charge in [-0.3, -0.25) is 4.90 Å². The molecule has 1 aliphatic heterocycles. The maximum Gasteiger partial charge on any atom is 0.240 e. The van der Waals surface area contributed by atoms with Crippen molar-refractivity contribution >= 4 is 24.2 Å². The Bertz CT molecular complexity index is 346. The second kappa shape index (κ2) is 6.04. The van der Waals surface area contributed by atoms with E-state index >= 15 is 0 Å². The van der Waals surface area contributed by atoms with Crippen LogP contribution in [0.2, 0.25) is 0 Å². The van der Waals surface area contributed by atoms with Gasteiger partial charge in [0.25, 0.3) is 0 Å². The lowest BCUT2D eigenvalue weighted by Crippen LogP contribution is -2.32. The fourth-order valence-corrected chi connectivity index (χ4v) is 2.51. The van der Waals surface area contributed by atoms with E-state index in [1.54, 1.807) is 0 Å². The topological polar surface area (TPSA) is 68.2 Å². The van der Waals surface area contributed by atoms with Gasteiger partial charge in [-0.25, -0.2) is 0 Å². The van der Waals surface area contributed by atoms with Gasteiger partial charge in [0.2, 0.25) is 5.89 Å². The molecule has 0 aromatic carbocycles. The SMILES string of the molecule is CC(C)(N)c1noc(CN2CCSCC2)n1.Cl. The Hall–Kier alpha value is -0.300. The van der Waals surface area contributed by atoms with E-state index < -0.39 is 5.54 Å². The van der Waals surface area contributed by atoms with Crippen LogP contribution in [0.1, 0.15) is 25.6 Å². The van der Waals surface area contributed by atoms with Crippen LogP contribution in [0.5, 0.6) is 0 Å². The summed E-state index contributed by atoms with van der Waals surface area (Å²) in [5.74, 6) is 3.61. The molecule has 1 saturated heterocycles. The van der Waals surface area contributed by atoms with Gasteiger partial charge in [0.1, 0.15) is 0 Å². The van der Waals surface area contributed by atoms with Crippen LogP contribution in [0.15, 0.2) is 4.52 Å². The summed E-state index contributed by atoms with van der Waals surface area (Å²) >= 11 is 1.99. The molecular weight excluding hydrogens is 260 g/mol. The molecule has 0 atom stereocenters. The van der Waals surface area contributed by atoms with Crippen molar-refractivity contribution in [3.05, 3.63) is 11.7 Å². The minimum atomic E-state index is -0.528. The van der Waals surface area contributed by atoms with Crippen molar-refractivity contribution in [3.8, 4) is 0 Å². The quantitative estimate of drug-likeness (QED) is 0.897. The van der Waals surface area contributed by atoms with Gasteiger partial charge in [-0.1, -0.05) is 5.16 Å². The van der Waals surface area contributed by atoms with Gasteiger partial charge in [0.05, 0.1) is 12.1 Å². The van der Waals surface area contributed by atoms with Crippen molar-refractivity contribution in [2.75, 3.05) is 24.6 Å². The van der Waals surface area contributed by atoms with E-state index in [2.05, 4.69) is 15.0 Å². The molecule has 0 radical (unpaired) electrons. The van der Waals surface area contributed by atoms with Gasteiger partial charge in [0.15, 0.2) is 5.82 Å². The second-order valence-electron chi connectivity index (χ2n) is 4.62. The molecule has 98 valence electrons. The van der Waals surface area contributed by atoms with E-state index in [1.165, 1.54) is 11.5 Å². The average molecular weight is 279 g/mol. The third-order valence-corrected chi connectivity index (χ3v) is 3.45. The highest BCUT2D eigenvalue weighted by Crippen LogP contribution is 2.15. The molecule has 17 heavy (non-hydrogen) atoms. The van der Waals surface area contributed by atoms with Crippen LogP contribution in [-0.2, 0) is 12.1 Å². The standard InChI is InChI=1S/C10H18N4OS.ClH/c1-10(2,11)9-12-8(15-13-9)7-14-3-5-16-6-4-14;/h3-7,11H2,1-2H3;1H. The number of thioether (sulfide) groups is 1. The summed E-state index contributed by atoms with van der Waals surface area (Å²) in [5, 5.41) is 3.91. The van der Waals surface area contributed by atoms with Gasteiger partial charge in [-0.05, 0) is 13.8 Å². The monoisotopic (exact) mass is 278 g/mol. The average Bonchev–Trinajstić information content (AvgIpc) is 2.67. The first kappa shape index (κ1) is 14.8. The zero-order valence-corrected chi connectivity index (χ0v) is 11.8. The molecule has 2 rings (SSSR count). The predicted molar refractivity (Wildman–Crippen MR) is 71.4 cm³/mol. The number of nitrogens with zero attached hydrogens (tertiary/aromatic N) is 3. The molecular formula is C10H19ClN4OS. The number of aromatic nitrogens is 2. The van der Waals surface area contributed by atoms with Crippen molar-refractivity contribution in [1.29, 1.82) is 0 Å². The van der Waals surface area contributed by atoms with Gasteiger partial charge >= 0.3 is 0 Å². The van der Waals surface area contributed by atoms with E-state index in [4.69, 9.17) is 10.3 Å². The van der Waals surface area contributed by atoms with Crippen molar-refractivity contribution in [3.63, 3.8) is 0 Å². The fourth-order valence-electron chi connectivity index (χ4n) is 1.53. The summed E-state index contributed by atoms with van der Waals surface area (Å²) in [7, 11) is 0. The Balaban J connectivity index is 0.00000144. The second-order valence-corrected chi connectivity index (χ2v) is 5.85. The Morgan fingerprint density at radius 2 is 2.06 bits per heavy atom. The molecule has 1 aliphatic rings. The lowest BCUT2D eigenvalue weighted by atomic mass is 10.1. The minimum absolute atomic E-state index is 0. The zero-order chi connectivity index (χ0) is 11.6. The molecule has 5 nitrogen and oxygen atoms in total. The molecule has 2 N–H and O–H groups in total. The Kier molecular flexibility index (Phi) is 5.24. The van der Waals surface area contributed by atoms with Crippen molar-refractivity contribution in [2.24, 2.45) is 5.73 Å². The first-order valence-corrected chi connectivity index (χ1v) is 6.63. The molecule has 0 aliphatic carbocycles. The lowest BCUT2D eigenvalue weighted by molar-refractivity contribution is 0.244. The van der Waals surface area contributed by atoms with Gasteiger partial charge in [-0.15, -0.1) is 12.4 Å². The van der Waals surface area contributed by atoms with Gasteiger partial charge < -0.3 is 10.3 Å². The van der Waals surface area contributed by atoms with Gasteiger partial charge in [0, 0.05) is 24.6 Å². The first-order chi connectivity index (χ1) is 7.55. The zero-order valence-electron chi connectivity index (χ0n) is 10.2. The number of rotatable bonds is 3. The fraction of sp³-hybridized carbons (Fsp3) is 0.800. The number of halogens is 1. The number of hydrogen-bond donors (Lipinski definition) is 1. The summed E-state index contributed by atoms with van der Waals surface area (Å²) < 4.78 is 5.20. The molecule has 7 heteroatoms. The smallest absolute Gasteiger partial charge is 0.240 e. The van der Waals surface area contributed by atoms with Gasteiger partial charge in [-0.2, -0.15) is 16.7 Å². The van der Waals surface area contributed by atoms with Crippen LogP contribution < -0.4 is 5.73 Å². The van der Waals surface area contributed by atoms with E-state index in [1.807, 2.05) is 25.6 Å². The Labute approximate surface area is 112 Å². The Morgan fingerprint density at radius 3 is 2.59 bits per heavy atom. The summed E-state index contributed by atoms with van der Waals surface area (Å²) in [4.78, 5) is 6.66. The first-order valence-electron chi connectivity index (χ1n) is 5.48. The van der Waals surface area contributed by atoms with Crippen molar-refractivity contribution in [2.45, 2.75) is 25.9 Å². The lowest BCUT2D eigenvalue weighted by Gasteiger charge is -2.24. The molecule has 0 unspecified atom stereocenters. The maximum atomic E-state index is 5.90. The number of hydrogen-bond acceptors (Lipinski definition) is 6. The van der Waals surface area contributed by atoms with Crippen LogP contribution in [0.4, 0.5) is 0 Å². The third-order valence-electron chi connectivity index (χ3n) is 2.51. The molecule has 0 amide bonds. The van der Waals surface area contributed by atoms with Crippen molar-refractivity contribution in [1.82, 2.24) is 15.0 Å². The predicted octanol–water partition coefficient (Wildman–Crippen LogP) is 1.23. The van der Waals surface area contributed by atoms with Crippen LogP contribution >= 0.6 is 24.2 Å². The van der Waals surface area contributed by atoms with Crippen molar-refractivity contribution < 1.29 is 4.52 Å². The highest BCUT2D eigenvalue weighted by molar-refractivity contribution is 7.99. The van der Waals surface area contributed by atoms with Crippen LogP contribution in [0.3, 0.4) is 0 Å². The molecule has 1 fully saturated rings. The number of nitrogens with two attached hydrogens (primary N) is 1. The highest BCUT2D eigenvalue weighted by atomic mass is 35.5. The third kappa shape index (κ3) is 4.13. The van der Waals surface area contributed by atoms with Crippen LogP contribution in [-0.4, -0.2) is 39.6 Å². The molecule has 1 aromatic heterocycles. The Morgan fingerprint density at radius 1 is 1.41 bits per heavy atom. The van der Waals surface area contributed by atoms with E-state index in [0.29, 0.717) is 11.7 Å². The molecule has 2 heterocycles. The van der Waals surface area contributed by atoms with E-state index in [9.17, 15) is 0 Å². The van der Waals surface area contributed by atoms with E-state index in [-0.39, 0.29) is 12.4 Å². The van der Waals surface area contributed by atoms with E-state index in [0.717, 1.165) is 19.6 Å². The maximum absolute atomic E-state index is 5.90. The molecule has 0 spiro atoms. The normalized spacial score (nSPS) is 17.8. The molecule has 0 saturated carbocycles. The summed E-state index contributed by atoms with van der Waals surface area (Å²) in [6.45, 7) is 6.67. The minimum Gasteiger partial charge on any atom is -0.338 e. The summed E-state index contributed by atoms with van der Waals surface area (Å²) in [6, 6.07) is 0.